The molecule has 1 aliphatic heterocycles. The molecular formula is C18H20ClN5O. The van der Waals surface area contributed by atoms with E-state index in [9.17, 15) is 4.79 Å². The summed E-state index contributed by atoms with van der Waals surface area (Å²) in [5.41, 5.74) is 2.34. The van der Waals surface area contributed by atoms with Gasteiger partial charge in [-0.25, -0.2) is 4.98 Å². The molecule has 25 heavy (non-hydrogen) atoms. The van der Waals surface area contributed by atoms with Crippen molar-refractivity contribution in [3.8, 4) is 0 Å². The molecule has 3 aromatic rings. The minimum Gasteiger partial charge on any atom is -0.342 e. The zero-order valence-corrected chi connectivity index (χ0v) is 14.8. The summed E-state index contributed by atoms with van der Waals surface area (Å²) in [5, 5.41) is 4.72. The molecule has 1 aliphatic rings. The maximum Gasteiger partial charge on any atom is 0.275 e. The van der Waals surface area contributed by atoms with E-state index in [1.165, 1.54) is 0 Å². The minimum absolute atomic E-state index is 0.0991. The molecule has 1 saturated heterocycles. The lowest BCUT2D eigenvalue weighted by atomic mass is 9.97. The number of imidazole rings is 1. The third kappa shape index (κ3) is 3.02. The van der Waals surface area contributed by atoms with Crippen molar-refractivity contribution < 1.29 is 4.79 Å². The Kier molecular flexibility index (Phi) is 4.21. The highest BCUT2D eigenvalue weighted by atomic mass is 35.5. The molecule has 2 aromatic heterocycles. The molecule has 1 atom stereocenters. The Hall–Kier alpha value is -2.34. The third-order valence-corrected chi connectivity index (χ3v) is 5.02. The number of amides is 1. The number of carbonyl (C=O) groups is 1. The molecule has 0 saturated carbocycles. The van der Waals surface area contributed by atoms with Gasteiger partial charge >= 0.3 is 0 Å². The Morgan fingerprint density at radius 3 is 3.00 bits per heavy atom. The summed E-state index contributed by atoms with van der Waals surface area (Å²) in [4.78, 5) is 22.8. The number of carbonyl (C=O) groups excluding carboxylic acids is 1. The number of nitrogens with zero attached hydrogens (tertiary/aromatic N) is 4. The minimum atomic E-state index is -0.0991. The number of para-hydroxylation sites is 2. The number of benzene rings is 1. The van der Waals surface area contributed by atoms with Gasteiger partial charge in [0.15, 0.2) is 5.69 Å². The molecule has 1 fully saturated rings. The van der Waals surface area contributed by atoms with E-state index in [-0.39, 0.29) is 11.8 Å². The average molecular weight is 358 g/mol. The summed E-state index contributed by atoms with van der Waals surface area (Å²) < 4.78 is 1.69. The largest absolute Gasteiger partial charge is 0.342 e. The SMILES string of the molecule is CCn1cc(Cl)c(C(=O)N2CCCC(c3nc4ccccc4[nH]3)C2)n1. The van der Waals surface area contributed by atoms with Crippen LogP contribution in [0.4, 0.5) is 0 Å². The lowest BCUT2D eigenvalue weighted by Gasteiger charge is -2.31. The van der Waals surface area contributed by atoms with Crippen LogP contribution in [0.1, 0.15) is 42.0 Å². The van der Waals surface area contributed by atoms with Gasteiger partial charge in [0.25, 0.3) is 5.91 Å². The van der Waals surface area contributed by atoms with Crippen molar-refractivity contribution in [3.63, 3.8) is 0 Å². The van der Waals surface area contributed by atoms with Gasteiger partial charge < -0.3 is 9.88 Å². The van der Waals surface area contributed by atoms with Gasteiger partial charge in [0, 0.05) is 31.7 Å². The van der Waals surface area contributed by atoms with Gasteiger partial charge in [-0.15, -0.1) is 0 Å². The molecule has 4 rings (SSSR count). The number of nitrogens with one attached hydrogen (secondary N) is 1. The predicted octanol–water partition coefficient (Wildman–Crippen LogP) is 3.45. The Morgan fingerprint density at radius 1 is 1.40 bits per heavy atom. The van der Waals surface area contributed by atoms with Crippen molar-refractivity contribution in [3.05, 3.63) is 47.0 Å². The number of halogens is 1. The van der Waals surface area contributed by atoms with Crippen molar-refractivity contribution >= 4 is 28.5 Å². The number of likely N-dealkylation sites (tertiary alicyclic amines) is 1. The summed E-state index contributed by atoms with van der Waals surface area (Å²) in [6.45, 7) is 4.02. The van der Waals surface area contributed by atoms with Crippen LogP contribution in [0.25, 0.3) is 11.0 Å². The zero-order chi connectivity index (χ0) is 17.4. The normalized spacial score (nSPS) is 18.0. The molecule has 1 unspecified atom stereocenters. The first kappa shape index (κ1) is 16.1. The Balaban J connectivity index is 1.55. The van der Waals surface area contributed by atoms with E-state index in [2.05, 4.69) is 10.1 Å². The van der Waals surface area contributed by atoms with Crippen LogP contribution in [-0.2, 0) is 6.54 Å². The van der Waals surface area contributed by atoms with Crippen molar-refractivity contribution in [1.82, 2.24) is 24.6 Å². The van der Waals surface area contributed by atoms with Gasteiger partial charge in [0.1, 0.15) is 5.82 Å². The maximum absolute atomic E-state index is 12.8. The van der Waals surface area contributed by atoms with E-state index in [0.29, 0.717) is 23.8 Å². The monoisotopic (exact) mass is 357 g/mol. The van der Waals surface area contributed by atoms with E-state index in [1.807, 2.05) is 36.1 Å². The van der Waals surface area contributed by atoms with Crippen LogP contribution >= 0.6 is 11.6 Å². The number of fused-ring (bicyclic) bond motifs is 1. The molecule has 0 aliphatic carbocycles. The van der Waals surface area contributed by atoms with Gasteiger partial charge in [0.2, 0.25) is 0 Å². The van der Waals surface area contributed by atoms with Crippen molar-refractivity contribution in [2.24, 2.45) is 0 Å². The fourth-order valence-electron chi connectivity index (χ4n) is 3.40. The lowest BCUT2D eigenvalue weighted by Crippen LogP contribution is -2.39. The van der Waals surface area contributed by atoms with Crippen molar-refractivity contribution in [1.29, 1.82) is 0 Å². The van der Waals surface area contributed by atoms with Gasteiger partial charge in [-0.3, -0.25) is 9.48 Å². The number of aromatic nitrogens is 4. The number of piperidine rings is 1. The molecule has 0 radical (unpaired) electrons. The van der Waals surface area contributed by atoms with Gasteiger partial charge in [0.05, 0.1) is 16.1 Å². The van der Waals surface area contributed by atoms with Crippen LogP contribution in [0.15, 0.2) is 30.5 Å². The van der Waals surface area contributed by atoms with Crippen molar-refractivity contribution in [2.75, 3.05) is 13.1 Å². The lowest BCUT2D eigenvalue weighted by molar-refractivity contribution is 0.0698. The topological polar surface area (TPSA) is 66.8 Å². The zero-order valence-electron chi connectivity index (χ0n) is 14.1. The molecule has 1 N–H and O–H groups in total. The van der Waals surface area contributed by atoms with Gasteiger partial charge in [-0.05, 0) is 31.9 Å². The summed E-state index contributed by atoms with van der Waals surface area (Å²) in [7, 11) is 0. The fourth-order valence-corrected chi connectivity index (χ4v) is 3.64. The van der Waals surface area contributed by atoms with E-state index < -0.39 is 0 Å². The van der Waals surface area contributed by atoms with Crippen LogP contribution in [0.3, 0.4) is 0 Å². The molecule has 1 amide bonds. The average Bonchev–Trinajstić information content (AvgIpc) is 3.24. The third-order valence-electron chi connectivity index (χ3n) is 4.75. The van der Waals surface area contributed by atoms with Gasteiger partial charge in [-0.1, -0.05) is 23.7 Å². The van der Waals surface area contributed by atoms with Crippen LogP contribution in [0.5, 0.6) is 0 Å². The number of hydrogen-bond acceptors (Lipinski definition) is 3. The second-order valence-corrected chi connectivity index (χ2v) is 6.82. The molecular weight excluding hydrogens is 338 g/mol. The first-order chi connectivity index (χ1) is 12.2. The van der Waals surface area contributed by atoms with Crippen LogP contribution < -0.4 is 0 Å². The van der Waals surface area contributed by atoms with Gasteiger partial charge in [-0.2, -0.15) is 5.10 Å². The summed E-state index contributed by atoms with van der Waals surface area (Å²) in [6, 6.07) is 8.00. The van der Waals surface area contributed by atoms with E-state index in [1.54, 1.807) is 10.9 Å². The first-order valence-electron chi connectivity index (χ1n) is 8.62. The standard InChI is InChI=1S/C18H20ClN5O/c1-2-24-11-13(19)16(22-24)18(25)23-9-5-6-12(10-23)17-20-14-7-3-4-8-15(14)21-17/h3-4,7-8,11-12H,2,5-6,9-10H2,1H3,(H,20,21). The number of aromatic amines is 1. The van der Waals surface area contributed by atoms with Crippen molar-refractivity contribution in [2.45, 2.75) is 32.2 Å². The fraction of sp³-hybridized carbons (Fsp3) is 0.389. The quantitative estimate of drug-likeness (QED) is 0.780. The molecule has 130 valence electrons. The number of H-pyrrole nitrogens is 1. The maximum atomic E-state index is 12.8. The molecule has 6 nitrogen and oxygen atoms in total. The smallest absolute Gasteiger partial charge is 0.275 e. The summed E-state index contributed by atoms with van der Waals surface area (Å²) in [5.74, 6) is 1.05. The number of hydrogen-bond donors (Lipinski definition) is 1. The molecule has 7 heteroatoms. The highest BCUT2D eigenvalue weighted by Crippen LogP contribution is 2.28. The first-order valence-corrected chi connectivity index (χ1v) is 9.00. The Bertz CT molecular complexity index is 882. The van der Waals surface area contributed by atoms with E-state index >= 15 is 0 Å². The van der Waals surface area contributed by atoms with Crippen LogP contribution in [0.2, 0.25) is 5.02 Å². The number of rotatable bonds is 3. The number of aryl methyl sites for hydroxylation is 1. The Labute approximate surface area is 150 Å². The highest BCUT2D eigenvalue weighted by molar-refractivity contribution is 6.33. The molecule has 3 heterocycles. The second-order valence-electron chi connectivity index (χ2n) is 6.41. The van der Waals surface area contributed by atoms with E-state index in [0.717, 1.165) is 36.2 Å². The summed E-state index contributed by atoms with van der Waals surface area (Å²) in [6.07, 6.45) is 3.66. The van der Waals surface area contributed by atoms with E-state index in [4.69, 9.17) is 16.6 Å². The van der Waals surface area contributed by atoms with Crippen LogP contribution in [0, 0.1) is 0 Å². The molecule has 0 bridgehead atoms. The van der Waals surface area contributed by atoms with Crippen LogP contribution in [-0.4, -0.2) is 43.6 Å². The highest BCUT2D eigenvalue weighted by Gasteiger charge is 2.29. The Morgan fingerprint density at radius 2 is 2.24 bits per heavy atom. The predicted molar refractivity (Wildman–Crippen MR) is 96.9 cm³/mol. The molecule has 1 aromatic carbocycles. The molecule has 0 spiro atoms. The second kappa shape index (κ2) is 6.52. The summed E-state index contributed by atoms with van der Waals surface area (Å²) >= 11 is 6.20.